The molecular formula is C54H90O6. The summed E-state index contributed by atoms with van der Waals surface area (Å²) < 4.78 is 16.6. The van der Waals surface area contributed by atoms with Gasteiger partial charge in [-0.05, 0) is 77.0 Å². The van der Waals surface area contributed by atoms with Gasteiger partial charge in [-0.15, -0.1) is 0 Å². The first-order chi connectivity index (χ1) is 29.5. The van der Waals surface area contributed by atoms with Crippen LogP contribution in [0.5, 0.6) is 0 Å². The van der Waals surface area contributed by atoms with Crippen LogP contribution in [-0.4, -0.2) is 37.2 Å². The summed E-state index contributed by atoms with van der Waals surface area (Å²) in [6, 6.07) is 0. The van der Waals surface area contributed by atoms with Crippen molar-refractivity contribution in [1.29, 1.82) is 0 Å². The Kier molecular flexibility index (Phi) is 45.5. The number of hydrogen-bond donors (Lipinski definition) is 0. The minimum Gasteiger partial charge on any atom is -0.462 e. The van der Waals surface area contributed by atoms with E-state index in [4.69, 9.17) is 14.2 Å². The van der Waals surface area contributed by atoms with Gasteiger partial charge in [-0.2, -0.15) is 0 Å². The summed E-state index contributed by atoms with van der Waals surface area (Å²) in [5.74, 6) is -1.07. The van der Waals surface area contributed by atoms with Gasteiger partial charge in [-0.3, -0.25) is 14.4 Å². The van der Waals surface area contributed by atoms with E-state index in [9.17, 15) is 14.4 Å². The van der Waals surface area contributed by atoms with E-state index in [1.807, 2.05) is 6.08 Å². The molecule has 0 aromatic rings. The van der Waals surface area contributed by atoms with Gasteiger partial charge in [0.1, 0.15) is 13.2 Å². The van der Waals surface area contributed by atoms with Gasteiger partial charge < -0.3 is 14.2 Å². The largest absolute Gasteiger partial charge is 0.462 e. The second-order valence-electron chi connectivity index (χ2n) is 16.0. The number of rotatable bonds is 43. The number of hydrogen-bond acceptors (Lipinski definition) is 6. The SMILES string of the molecule is CC/C=C\C/C=C\C/C=C\C/C=C\C/C=C\CC(=O)OC(COC(=O)CCCCCCCC)COC(=O)CCCCCCCCCCC/C=C\C/C=C\CCCCCCC. The third-order valence-electron chi connectivity index (χ3n) is 10.2. The molecule has 0 heterocycles. The molecule has 0 rings (SSSR count). The van der Waals surface area contributed by atoms with E-state index >= 15 is 0 Å². The Bertz CT molecular complexity index is 1190. The first-order valence-corrected chi connectivity index (χ1v) is 24.6. The molecule has 342 valence electrons. The van der Waals surface area contributed by atoms with Crippen LogP contribution in [0.3, 0.4) is 0 Å². The molecule has 0 N–H and O–H groups in total. The van der Waals surface area contributed by atoms with Crippen LogP contribution in [0.2, 0.25) is 0 Å². The molecular weight excluding hydrogens is 745 g/mol. The highest BCUT2D eigenvalue weighted by Gasteiger charge is 2.19. The molecule has 0 saturated carbocycles. The molecule has 0 spiro atoms. The van der Waals surface area contributed by atoms with Gasteiger partial charge in [0.05, 0.1) is 6.42 Å². The van der Waals surface area contributed by atoms with Gasteiger partial charge in [-0.1, -0.05) is 209 Å². The van der Waals surface area contributed by atoms with Crippen LogP contribution < -0.4 is 0 Å². The molecule has 0 amide bonds. The quantitative estimate of drug-likeness (QED) is 0.0263. The maximum absolute atomic E-state index is 12.7. The molecule has 6 nitrogen and oxygen atoms in total. The Balaban J connectivity index is 4.32. The lowest BCUT2D eigenvalue weighted by atomic mass is 10.1. The first-order valence-electron chi connectivity index (χ1n) is 24.6. The predicted octanol–water partition coefficient (Wildman–Crippen LogP) is 16.0. The van der Waals surface area contributed by atoms with E-state index in [0.717, 1.165) is 77.0 Å². The highest BCUT2D eigenvalue weighted by molar-refractivity contribution is 5.72. The molecule has 0 fully saturated rings. The summed E-state index contributed by atoms with van der Waals surface area (Å²) in [4.78, 5) is 37.6. The van der Waals surface area contributed by atoms with Crippen LogP contribution in [0.15, 0.2) is 85.1 Å². The average Bonchev–Trinajstić information content (AvgIpc) is 3.24. The van der Waals surface area contributed by atoms with Gasteiger partial charge in [0.2, 0.25) is 0 Å². The lowest BCUT2D eigenvalue weighted by molar-refractivity contribution is -0.166. The van der Waals surface area contributed by atoms with Crippen molar-refractivity contribution in [2.45, 2.75) is 226 Å². The van der Waals surface area contributed by atoms with Crippen LogP contribution >= 0.6 is 0 Å². The van der Waals surface area contributed by atoms with Crippen molar-refractivity contribution in [3.63, 3.8) is 0 Å². The highest BCUT2D eigenvalue weighted by Crippen LogP contribution is 2.13. The number of carbonyl (C=O) groups excluding carboxylic acids is 3. The summed E-state index contributed by atoms with van der Waals surface area (Å²) >= 11 is 0. The fraction of sp³-hybridized carbons (Fsp3) is 0.685. The van der Waals surface area contributed by atoms with E-state index in [2.05, 4.69) is 93.7 Å². The maximum Gasteiger partial charge on any atom is 0.310 e. The lowest BCUT2D eigenvalue weighted by Gasteiger charge is -2.18. The van der Waals surface area contributed by atoms with E-state index in [-0.39, 0.29) is 31.6 Å². The standard InChI is InChI=1S/C54H90O6/c1-4-7-10-13-16-18-20-22-24-25-26-27-28-29-31-32-34-36-38-41-44-47-53(56)59-50-51(49-58-52(55)46-43-40-15-12-9-6-3)60-54(57)48-45-42-39-37-35-33-30-23-21-19-17-14-11-8-5-2/h8,11,17,19-20,22-23,25-26,30,35,37,42,45,51H,4-7,9-10,12-16,18,21,24,27-29,31-34,36,38-41,43-44,46-50H2,1-3H3/b11-8-,19-17-,22-20-,26-25-,30-23-,37-35-,45-42-. The third-order valence-corrected chi connectivity index (χ3v) is 10.2. The van der Waals surface area contributed by atoms with Gasteiger partial charge in [-0.25, -0.2) is 0 Å². The fourth-order valence-electron chi connectivity index (χ4n) is 6.49. The summed E-state index contributed by atoms with van der Waals surface area (Å²) in [7, 11) is 0. The summed E-state index contributed by atoms with van der Waals surface area (Å²) in [6.45, 7) is 6.35. The zero-order valence-corrected chi connectivity index (χ0v) is 38.9. The lowest BCUT2D eigenvalue weighted by Crippen LogP contribution is -2.30. The number of ether oxygens (including phenoxy) is 3. The second kappa shape index (κ2) is 48.3. The molecule has 0 radical (unpaired) electrons. The first kappa shape index (κ1) is 56.6. The molecule has 0 aromatic carbocycles. The Morgan fingerprint density at radius 3 is 1.10 bits per heavy atom. The van der Waals surface area contributed by atoms with E-state index in [1.165, 1.54) is 103 Å². The number of unbranched alkanes of at least 4 members (excludes halogenated alkanes) is 19. The molecule has 1 unspecified atom stereocenters. The molecule has 6 heteroatoms. The van der Waals surface area contributed by atoms with Gasteiger partial charge in [0.15, 0.2) is 6.10 Å². The van der Waals surface area contributed by atoms with E-state index in [0.29, 0.717) is 12.8 Å². The van der Waals surface area contributed by atoms with Gasteiger partial charge in [0, 0.05) is 12.8 Å². The molecule has 0 aliphatic carbocycles. The third kappa shape index (κ3) is 45.7. The Labute approximate surface area is 369 Å². The van der Waals surface area contributed by atoms with Crippen molar-refractivity contribution in [3.05, 3.63) is 85.1 Å². The predicted molar refractivity (Wildman–Crippen MR) is 256 cm³/mol. The van der Waals surface area contributed by atoms with Crippen LogP contribution in [0.1, 0.15) is 220 Å². The Morgan fingerprint density at radius 2 is 0.700 bits per heavy atom. The number of esters is 3. The zero-order chi connectivity index (χ0) is 43.7. The van der Waals surface area contributed by atoms with Crippen molar-refractivity contribution in [3.8, 4) is 0 Å². The summed E-state index contributed by atoms with van der Waals surface area (Å²) in [5.41, 5.74) is 0. The normalized spacial score (nSPS) is 12.8. The van der Waals surface area contributed by atoms with Gasteiger partial charge in [0.25, 0.3) is 0 Å². The Hall–Kier alpha value is -3.41. The molecule has 0 aliphatic rings. The zero-order valence-electron chi connectivity index (χ0n) is 38.9. The van der Waals surface area contributed by atoms with Crippen LogP contribution in [0.4, 0.5) is 0 Å². The number of carbonyl (C=O) groups is 3. The maximum atomic E-state index is 12.7. The average molecular weight is 835 g/mol. The van der Waals surface area contributed by atoms with Crippen molar-refractivity contribution < 1.29 is 28.6 Å². The van der Waals surface area contributed by atoms with E-state index < -0.39 is 12.1 Å². The van der Waals surface area contributed by atoms with Crippen LogP contribution in [-0.2, 0) is 28.6 Å². The minimum absolute atomic E-state index is 0.0957. The van der Waals surface area contributed by atoms with Crippen molar-refractivity contribution in [2.24, 2.45) is 0 Å². The molecule has 0 bridgehead atoms. The fourth-order valence-corrected chi connectivity index (χ4v) is 6.49. The smallest absolute Gasteiger partial charge is 0.310 e. The second-order valence-corrected chi connectivity index (χ2v) is 16.0. The summed E-state index contributed by atoms with van der Waals surface area (Å²) in [6.07, 6.45) is 61.9. The molecule has 1 atom stereocenters. The van der Waals surface area contributed by atoms with Crippen LogP contribution in [0.25, 0.3) is 0 Å². The summed E-state index contributed by atoms with van der Waals surface area (Å²) in [5, 5.41) is 0. The monoisotopic (exact) mass is 835 g/mol. The number of allylic oxidation sites excluding steroid dienone is 13. The van der Waals surface area contributed by atoms with Crippen LogP contribution in [0, 0.1) is 0 Å². The Morgan fingerprint density at radius 1 is 0.367 bits per heavy atom. The van der Waals surface area contributed by atoms with Crippen molar-refractivity contribution >= 4 is 17.9 Å². The minimum atomic E-state index is -0.828. The highest BCUT2D eigenvalue weighted by atomic mass is 16.6. The van der Waals surface area contributed by atoms with E-state index in [1.54, 1.807) is 6.08 Å². The molecule has 0 aromatic heterocycles. The van der Waals surface area contributed by atoms with Gasteiger partial charge >= 0.3 is 17.9 Å². The topological polar surface area (TPSA) is 78.9 Å². The molecule has 60 heavy (non-hydrogen) atoms. The van der Waals surface area contributed by atoms with Crippen molar-refractivity contribution in [1.82, 2.24) is 0 Å². The molecule has 0 aliphatic heterocycles. The molecule has 0 saturated heterocycles. The van der Waals surface area contributed by atoms with Crippen molar-refractivity contribution in [2.75, 3.05) is 13.2 Å².